The van der Waals surface area contributed by atoms with Crippen LogP contribution in [-0.4, -0.2) is 53.8 Å². The van der Waals surface area contributed by atoms with Crippen LogP contribution in [-0.2, 0) is 16.0 Å². The molecule has 26 heavy (non-hydrogen) atoms. The molecule has 1 aliphatic heterocycles. The van der Waals surface area contributed by atoms with Crippen molar-refractivity contribution >= 4 is 24.2 Å². The summed E-state index contributed by atoms with van der Waals surface area (Å²) in [6, 6.07) is 8.26. The number of hydrogen-bond acceptors (Lipinski definition) is 3. The summed E-state index contributed by atoms with van der Waals surface area (Å²) in [4.78, 5) is 29.0. The van der Waals surface area contributed by atoms with Gasteiger partial charge >= 0.3 is 0 Å². The SMILES string of the molecule is Cc1ccc(CC(=O)N2CCN(C(=O)C3CCCC(N)C3)CC2)cc1.Cl. The second-order valence-corrected chi connectivity index (χ2v) is 7.49. The maximum Gasteiger partial charge on any atom is 0.227 e. The molecular weight excluding hydrogens is 350 g/mol. The van der Waals surface area contributed by atoms with Gasteiger partial charge in [0.1, 0.15) is 0 Å². The summed E-state index contributed by atoms with van der Waals surface area (Å²) in [6.45, 7) is 4.60. The monoisotopic (exact) mass is 379 g/mol. The van der Waals surface area contributed by atoms with Crippen molar-refractivity contribution in [2.75, 3.05) is 26.2 Å². The number of piperazine rings is 1. The molecule has 1 heterocycles. The lowest BCUT2D eigenvalue weighted by Gasteiger charge is -2.37. The Hall–Kier alpha value is -1.59. The van der Waals surface area contributed by atoms with Crippen LogP contribution in [0.25, 0.3) is 0 Å². The van der Waals surface area contributed by atoms with E-state index in [0.29, 0.717) is 32.6 Å². The zero-order valence-corrected chi connectivity index (χ0v) is 16.3. The highest BCUT2D eigenvalue weighted by atomic mass is 35.5. The summed E-state index contributed by atoms with van der Waals surface area (Å²) in [5.41, 5.74) is 8.26. The van der Waals surface area contributed by atoms with Crippen molar-refractivity contribution in [2.45, 2.75) is 45.1 Å². The molecule has 2 amide bonds. The fraction of sp³-hybridized carbons (Fsp3) is 0.600. The summed E-state index contributed by atoms with van der Waals surface area (Å²) in [5.74, 6) is 0.468. The molecule has 1 aromatic rings. The van der Waals surface area contributed by atoms with Gasteiger partial charge in [-0.3, -0.25) is 9.59 Å². The second kappa shape index (κ2) is 9.38. The standard InChI is InChI=1S/C20H29N3O2.ClH/c1-15-5-7-16(8-6-15)13-19(24)22-9-11-23(12-10-22)20(25)17-3-2-4-18(21)14-17;/h5-8,17-18H,2-4,9-14,21H2,1H3;1H. The molecule has 2 aliphatic rings. The molecule has 1 aromatic carbocycles. The molecule has 2 atom stereocenters. The Bertz CT molecular complexity index is 612. The average Bonchev–Trinajstić information content (AvgIpc) is 2.63. The van der Waals surface area contributed by atoms with Crippen LogP contribution < -0.4 is 5.73 Å². The Morgan fingerprint density at radius 1 is 1.04 bits per heavy atom. The van der Waals surface area contributed by atoms with Crippen molar-refractivity contribution in [1.82, 2.24) is 9.80 Å². The molecule has 144 valence electrons. The first kappa shape index (κ1) is 20.7. The number of amides is 2. The van der Waals surface area contributed by atoms with Crippen LogP contribution in [0.15, 0.2) is 24.3 Å². The maximum atomic E-state index is 12.7. The summed E-state index contributed by atoms with van der Waals surface area (Å²) in [7, 11) is 0. The first-order valence-electron chi connectivity index (χ1n) is 9.40. The van der Waals surface area contributed by atoms with Crippen molar-refractivity contribution in [2.24, 2.45) is 11.7 Å². The van der Waals surface area contributed by atoms with E-state index < -0.39 is 0 Å². The quantitative estimate of drug-likeness (QED) is 0.875. The number of benzene rings is 1. The van der Waals surface area contributed by atoms with Crippen molar-refractivity contribution < 1.29 is 9.59 Å². The minimum Gasteiger partial charge on any atom is -0.339 e. The number of carbonyl (C=O) groups excluding carboxylic acids is 2. The fourth-order valence-corrected chi connectivity index (χ4v) is 3.88. The van der Waals surface area contributed by atoms with Crippen molar-refractivity contribution in [3.05, 3.63) is 35.4 Å². The normalized spacial score (nSPS) is 23.3. The molecule has 1 aliphatic carbocycles. The number of halogens is 1. The fourth-order valence-electron chi connectivity index (χ4n) is 3.88. The third-order valence-electron chi connectivity index (χ3n) is 5.48. The third-order valence-corrected chi connectivity index (χ3v) is 5.48. The average molecular weight is 380 g/mol. The zero-order valence-electron chi connectivity index (χ0n) is 15.5. The Kier molecular flexibility index (Phi) is 7.47. The van der Waals surface area contributed by atoms with Gasteiger partial charge in [-0.15, -0.1) is 12.4 Å². The highest BCUT2D eigenvalue weighted by Gasteiger charge is 2.31. The minimum absolute atomic E-state index is 0. The Morgan fingerprint density at radius 3 is 2.27 bits per heavy atom. The predicted molar refractivity (Wildman–Crippen MR) is 105 cm³/mol. The van der Waals surface area contributed by atoms with Gasteiger partial charge in [0.15, 0.2) is 0 Å². The van der Waals surface area contributed by atoms with Gasteiger partial charge in [0.25, 0.3) is 0 Å². The van der Waals surface area contributed by atoms with Gasteiger partial charge in [0, 0.05) is 38.1 Å². The van der Waals surface area contributed by atoms with E-state index in [9.17, 15) is 9.59 Å². The zero-order chi connectivity index (χ0) is 17.8. The van der Waals surface area contributed by atoms with E-state index in [1.54, 1.807) is 0 Å². The van der Waals surface area contributed by atoms with Crippen LogP contribution in [0.2, 0.25) is 0 Å². The van der Waals surface area contributed by atoms with Crippen LogP contribution >= 0.6 is 12.4 Å². The van der Waals surface area contributed by atoms with Crippen LogP contribution in [0.3, 0.4) is 0 Å². The van der Waals surface area contributed by atoms with Gasteiger partial charge < -0.3 is 15.5 Å². The van der Waals surface area contributed by atoms with Crippen molar-refractivity contribution in [1.29, 1.82) is 0 Å². The Labute approximate surface area is 162 Å². The predicted octanol–water partition coefficient (Wildman–Crippen LogP) is 2.15. The number of nitrogens with zero attached hydrogens (tertiary/aromatic N) is 2. The molecule has 0 spiro atoms. The lowest BCUT2D eigenvalue weighted by atomic mass is 9.85. The largest absolute Gasteiger partial charge is 0.339 e. The molecule has 2 fully saturated rings. The molecular formula is C20H30ClN3O2. The molecule has 1 saturated heterocycles. The first-order chi connectivity index (χ1) is 12.0. The van der Waals surface area contributed by atoms with E-state index >= 15 is 0 Å². The topological polar surface area (TPSA) is 66.6 Å². The molecule has 3 rings (SSSR count). The summed E-state index contributed by atoms with van der Waals surface area (Å²) < 4.78 is 0. The highest BCUT2D eigenvalue weighted by Crippen LogP contribution is 2.25. The van der Waals surface area contributed by atoms with Gasteiger partial charge in [-0.05, 0) is 31.7 Å². The lowest BCUT2D eigenvalue weighted by Crippen LogP contribution is -2.53. The first-order valence-corrected chi connectivity index (χ1v) is 9.40. The van der Waals surface area contributed by atoms with Crippen LogP contribution in [0.5, 0.6) is 0 Å². The molecule has 0 bridgehead atoms. The molecule has 2 N–H and O–H groups in total. The molecule has 2 unspecified atom stereocenters. The third kappa shape index (κ3) is 5.21. The van der Waals surface area contributed by atoms with Gasteiger partial charge in [0.05, 0.1) is 6.42 Å². The molecule has 1 saturated carbocycles. The van der Waals surface area contributed by atoms with Gasteiger partial charge in [-0.2, -0.15) is 0 Å². The van der Waals surface area contributed by atoms with E-state index in [1.807, 2.05) is 41.0 Å². The lowest BCUT2D eigenvalue weighted by molar-refractivity contribution is -0.142. The Balaban J connectivity index is 0.00000243. The summed E-state index contributed by atoms with van der Waals surface area (Å²) in [6.07, 6.45) is 4.29. The van der Waals surface area contributed by atoms with Crippen molar-refractivity contribution in [3.63, 3.8) is 0 Å². The Morgan fingerprint density at radius 2 is 1.65 bits per heavy atom. The number of aryl methyl sites for hydroxylation is 1. The van der Waals surface area contributed by atoms with E-state index in [1.165, 1.54) is 5.56 Å². The smallest absolute Gasteiger partial charge is 0.227 e. The van der Waals surface area contributed by atoms with Gasteiger partial charge in [-0.1, -0.05) is 36.2 Å². The number of hydrogen-bond donors (Lipinski definition) is 1. The van der Waals surface area contributed by atoms with Gasteiger partial charge in [-0.25, -0.2) is 0 Å². The number of carbonyl (C=O) groups is 2. The van der Waals surface area contributed by atoms with Crippen LogP contribution in [0.1, 0.15) is 36.8 Å². The molecule has 0 radical (unpaired) electrons. The molecule has 0 aromatic heterocycles. The molecule has 6 heteroatoms. The highest BCUT2D eigenvalue weighted by molar-refractivity contribution is 5.85. The van der Waals surface area contributed by atoms with Crippen LogP contribution in [0, 0.1) is 12.8 Å². The van der Waals surface area contributed by atoms with E-state index in [4.69, 9.17) is 5.73 Å². The minimum atomic E-state index is 0. The van der Waals surface area contributed by atoms with E-state index in [0.717, 1.165) is 31.2 Å². The van der Waals surface area contributed by atoms with E-state index in [2.05, 4.69) is 0 Å². The summed E-state index contributed by atoms with van der Waals surface area (Å²) in [5, 5.41) is 0. The van der Waals surface area contributed by atoms with Crippen molar-refractivity contribution in [3.8, 4) is 0 Å². The number of rotatable bonds is 3. The summed E-state index contributed by atoms with van der Waals surface area (Å²) >= 11 is 0. The second-order valence-electron chi connectivity index (χ2n) is 7.49. The number of nitrogens with two attached hydrogens (primary N) is 1. The van der Waals surface area contributed by atoms with E-state index in [-0.39, 0.29) is 36.2 Å². The van der Waals surface area contributed by atoms with Gasteiger partial charge in [0.2, 0.25) is 11.8 Å². The maximum absolute atomic E-state index is 12.7. The van der Waals surface area contributed by atoms with Crippen LogP contribution in [0.4, 0.5) is 0 Å². The molecule has 5 nitrogen and oxygen atoms in total.